The number of nitrogens with zero attached hydrogens (tertiary/aromatic N) is 1. The van der Waals surface area contributed by atoms with E-state index in [1.165, 1.54) is 0 Å². The molecule has 0 radical (unpaired) electrons. The van der Waals surface area contributed by atoms with Crippen LogP contribution in [0, 0.1) is 0 Å². The Labute approximate surface area is 118 Å². The quantitative estimate of drug-likeness (QED) is 0.824. The minimum absolute atomic E-state index is 0.276. The molecule has 2 rings (SSSR count). The number of benzene rings is 1. The fourth-order valence-electron chi connectivity index (χ4n) is 2.22. The molecule has 0 spiro atoms. The number of hydrogen-bond acceptors (Lipinski definition) is 6. The van der Waals surface area contributed by atoms with Crippen LogP contribution in [0.25, 0.3) is 0 Å². The Morgan fingerprint density at radius 1 is 1.42 bits per heavy atom. The highest BCUT2D eigenvalue weighted by Crippen LogP contribution is 2.48. The number of likely N-dealkylation sites (N-methyl/N-ethyl adjacent to an activating group) is 1. The van der Waals surface area contributed by atoms with Crippen molar-refractivity contribution < 1.29 is 9.47 Å². The highest BCUT2D eigenvalue weighted by Gasteiger charge is 2.29. The van der Waals surface area contributed by atoms with Crippen molar-refractivity contribution in [3.8, 4) is 11.5 Å². The molecule has 1 unspecified atom stereocenters. The molecule has 0 aromatic heterocycles. The summed E-state index contributed by atoms with van der Waals surface area (Å²) in [6.45, 7) is 6.86. The van der Waals surface area contributed by atoms with E-state index < -0.39 is 0 Å². The van der Waals surface area contributed by atoms with Gasteiger partial charge in [0.25, 0.3) is 0 Å². The summed E-state index contributed by atoms with van der Waals surface area (Å²) in [4.78, 5) is 3.26. The number of nitrogen functional groups attached to an aromatic ring is 2. The molecule has 4 N–H and O–H groups in total. The summed E-state index contributed by atoms with van der Waals surface area (Å²) in [5.74, 6) is 1.23. The Morgan fingerprint density at radius 2 is 2.11 bits per heavy atom. The van der Waals surface area contributed by atoms with Crippen molar-refractivity contribution in [2.45, 2.75) is 24.1 Å². The Kier molecular flexibility index (Phi) is 4.31. The number of thioether (sulfide) groups is 1. The fourth-order valence-corrected chi connectivity index (χ4v) is 3.55. The second-order valence-electron chi connectivity index (χ2n) is 4.34. The number of ether oxygens (including phenoxy) is 2. The lowest BCUT2D eigenvalue weighted by Gasteiger charge is -2.34. The molecule has 5 nitrogen and oxygen atoms in total. The van der Waals surface area contributed by atoms with Gasteiger partial charge in [0, 0.05) is 6.07 Å². The highest BCUT2D eigenvalue weighted by atomic mass is 32.2. The molecule has 0 bridgehead atoms. The number of anilines is 2. The van der Waals surface area contributed by atoms with Crippen LogP contribution >= 0.6 is 11.8 Å². The minimum atomic E-state index is 0.276. The maximum absolute atomic E-state index is 6.08. The molecular formula is C13H21N3O2S. The molecular weight excluding hydrogens is 262 g/mol. The minimum Gasteiger partial charge on any atom is -0.494 e. The third kappa shape index (κ3) is 2.55. The van der Waals surface area contributed by atoms with Crippen molar-refractivity contribution in [1.29, 1.82) is 0 Å². The topological polar surface area (TPSA) is 73.7 Å². The van der Waals surface area contributed by atoms with Gasteiger partial charge in [-0.05, 0) is 13.1 Å². The van der Waals surface area contributed by atoms with Gasteiger partial charge in [-0.15, -0.1) is 0 Å². The van der Waals surface area contributed by atoms with Crippen LogP contribution in [-0.2, 0) is 0 Å². The van der Waals surface area contributed by atoms with Crippen molar-refractivity contribution in [3.63, 3.8) is 0 Å². The molecule has 1 aliphatic rings. The fraction of sp³-hybridized carbons (Fsp3) is 0.538. The maximum Gasteiger partial charge on any atom is 0.161 e. The zero-order chi connectivity index (χ0) is 14.0. The number of methoxy groups -OCH3 is 1. The van der Waals surface area contributed by atoms with E-state index in [1.807, 2.05) is 0 Å². The Bertz CT molecular complexity index is 464. The average Bonchev–Trinajstić information content (AvgIpc) is 2.44. The van der Waals surface area contributed by atoms with E-state index in [-0.39, 0.29) is 5.37 Å². The molecule has 0 saturated heterocycles. The van der Waals surface area contributed by atoms with Crippen LogP contribution in [0.4, 0.5) is 11.4 Å². The average molecular weight is 283 g/mol. The van der Waals surface area contributed by atoms with Crippen LogP contribution in [0.1, 0.15) is 13.8 Å². The van der Waals surface area contributed by atoms with Gasteiger partial charge in [-0.1, -0.05) is 25.6 Å². The first-order valence-electron chi connectivity index (χ1n) is 6.41. The first-order valence-corrected chi connectivity index (χ1v) is 7.29. The van der Waals surface area contributed by atoms with Crippen molar-refractivity contribution in [1.82, 2.24) is 4.90 Å². The van der Waals surface area contributed by atoms with E-state index in [9.17, 15) is 0 Å². The lowest BCUT2D eigenvalue weighted by Crippen LogP contribution is -2.38. The van der Waals surface area contributed by atoms with Crippen LogP contribution < -0.4 is 20.9 Å². The van der Waals surface area contributed by atoms with Crippen LogP contribution in [0.3, 0.4) is 0 Å². The predicted molar refractivity (Wildman–Crippen MR) is 79.9 cm³/mol. The van der Waals surface area contributed by atoms with Crippen molar-refractivity contribution in [2.75, 3.05) is 38.3 Å². The van der Waals surface area contributed by atoms with Gasteiger partial charge in [0.15, 0.2) is 5.75 Å². The van der Waals surface area contributed by atoms with Gasteiger partial charge in [-0.25, -0.2) is 0 Å². The first-order chi connectivity index (χ1) is 9.12. The largest absolute Gasteiger partial charge is 0.494 e. The summed E-state index contributed by atoms with van der Waals surface area (Å²) in [6, 6.07) is 1.76. The van der Waals surface area contributed by atoms with Crippen LogP contribution in [-0.4, -0.2) is 37.1 Å². The van der Waals surface area contributed by atoms with Crippen LogP contribution in [0.15, 0.2) is 11.0 Å². The van der Waals surface area contributed by atoms with Crippen molar-refractivity contribution >= 4 is 23.1 Å². The molecule has 0 amide bonds. The monoisotopic (exact) mass is 283 g/mol. The molecule has 1 atom stereocenters. The van der Waals surface area contributed by atoms with E-state index in [1.54, 1.807) is 24.9 Å². The Hall–Kier alpha value is -1.27. The molecule has 1 aromatic carbocycles. The van der Waals surface area contributed by atoms with Gasteiger partial charge >= 0.3 is 0 Å². The summed E-state index contributed by atoms with van der Waals surface area (Å²) in [7, 11) is 1.58. The van der Waals surface area contributed by atoms with Gasteiger partial charge < -0.3 is 20.9 Å². The molecule has 1 aliphatic heterocycles. The van der Waals surface area contributed by atoms with Crippen LogP contribution in [0.2, 0.25) is 0 Å². The summed E-state index contributed by atoms with van der Waals surface area (Å²) < 4.78 is 11.0. The third-order valence-corrected chi connectivity index (χ3v) is 4.69. The predicted octanol–water partition coefficient (Wildman–Crippen LogP) is 2.01. The molecule has 106 valence electrons. The smallest absolute Gasteiger partial charge is 0.161 e. The highest BCUT2D eigenvalue weighted by molar-refractivity contribution is 8.00. The summed E-state index contributed by atoms with van der Waals surface area (Å²) in [6.07, 6.45) is 0. The normalized spacial score (nSPS) is 18.0. The maximum atomic E-state index is 6.08. The Balaban J connectivity index is 2.33. The second-order valence-corrected chi connectivity index (χ2v) is 5.53. The number of nitrogens with two attached hydrogens (primary N) is 2. The molecule has 0 saturated carbocycles. The number of hydrogen-bond donors (Lipinski definition) is 2. The first kappa shape index (κ1) is 14.1. The van der Waals surface area contributed by atoms with Crippen molar-refractivity contribution in [3.05, 3.63) is 6.07 Å². The number of rotatable bonds is 4. The second kappa shape index (κ2) is 5.79. The standard InChI is InChI=1S/C13H21N3O2S/c1-4-16(5-2)10-7-18-12-11(15)9(17-3)6-8(14)13(12)19-10/h6,10H,4-5,7,14-15H2,1-3H3. The number of fused-ring (bicyclic) bond motifs is 1. The molecule has 1 aromatic rings. The summed E-state index contributed by atoms with van der Waals surface area (Å²) >= 11 is 1.71. The van der Waals surface area contributed by atoms with E-state index in [4.69, 9.17) is 20.9 Å². The van der Waals surface area contributed by atoms with Gasteiger partial charge in [-0.2, -0.15) is 0 Å². The van der Waals surface area contributed by atoms with Crippen molar-refractivity contribution in [2.24, 2.45) is 0 Å². The zero-order valence-electron chi connectivity index (χ0n) is 11.6. The SMILES string of the molecule is CCN(CC)C1COc2c(N)c(OC)cc(N)c2S1. The molecule has 19 heavy (non-hydrogen) atoms. The van der Waals surface area contributed by atoms with E-state index in [0.717, 1.165) is 18.0 Å². The molecule has 6 heteroatoms. The van der Waals surface area contributed by atoms with Crippen LogP contribution in [0.5, 0.6) is 11.5 Å². The van der Waals surface area contributed by atoms with E-state index >= 15 is 0 Å². The summed E-state index contributed by atoms with van der Waals surface area (Å²) in [5.41, 5.74) is 13.3. The van der Waals surface area contributed by atoms with E-state index in [2.05, 4.69) is 18.7 Å². The Morgan fingerprint density at radius 3 is 2.68 bits per heavy atom. The third-order valence-electron chi connectivity index (χ3n) is 3.33. The molecule has 0 aliphatic carbocycles. The van der Waals surface area contributed by atoms with Gasteiger partial charge in [-0.3, -0.25) is 4.90 Å². The van der Waals surface area contributed by atoms with Gasteiger partial charge in [0.1, 0.15) is 18.0 Å². The zero-order valence-corrected chi connectivity index (χ0v) is 12.4. The molecule has 0 fully saturated rings. The summed E-state index contributed by atoms with van der Waals surface area (Å²) in [5, 5.41) is 0.276. The van der Waals surface area contributed by atoms with Gasteiger partial charge in [0.05, 0.1) is 23.1 Å². The molecule has 1 heterocycles. The lowest BCUT2D eigenvalue weighted by atomic mass is 10.2. The van der Waals surface area contributed by atoms with Gasteiger partial charge in [0.2, 0.25) is 0 Å². The van der Waals surface area contributed by atoms with E-state index in [0.29, 0.717) is 29.5 Å². The lowest BCUT2D eigenvalue weighted by molar-refractivity contribution is 0.193.